The summed E-state index contributed by atoms with van der Waals surface area (Å²) in [5.74, 6) is 0. The number of nitrogens with one attached hydrogen (secondary N) is 1. The molecular weight excluding hydrogens is 256 g/mol. The fourth-order valence-electron chi connectivity index (χ4n) is 3.79. The highest BCUT2D eigenvalue weighted by Crippen LogP contribution is 2.50. The van der Waals surface area contributed by atoms with Crippen LogP contribution in [0.1, 0.15) is 5.56 Å². The molecule has 3 atom stereocenters. The van der Waals surface area contributed by atoms with Crippen LogP contribution in [0.4, 0.5) is 4.79 Å². The molecule has 3 aliphatic rings. The molecule has 3 aliphatic heterocycles. The molecule has 1 amide bonds. The predicted octanol–water partition coefficient (Wildman–Crippen LogP) is 0.996. The zero-order chi connectivity index (χ0) is 13.6. The van der Waals surface area contributed by atoms with Gasteiger partial charge in [-0.15, -0.1) is 0 Å². The standard InChI is InChI=1S/C15H18N2O3/c18-14(20-7-11-4-2-1-3-5-11)17-12-6-16-9-15(12)10-19-8-13(15)17/h1-5,12-13,16H,6-10H2. The predicted molar refractivity (Wildman–Crippen MR) is 72.2 cm³/mol. The molecule has 4 rings (SSSR count). The van der Waals surface area contributed by atoms with E-state index in [4.69, 9.17) is 9.47 Å². The molecule has 0 aromatic heterocycles. The molecule has 3 heterocycles. The molecular formula is C15H18N2O3. The van der Waals surface area contributed by atoms with Crippen LogP contribution in [0.25, 0.3) is 0 Å². The Morgan fingerprint density at radius 3 is 3.10 bits per heavy atom. The Morgan fingerprint density at radius 2 is 2.25 bits per heavy atom. The summed E-state index contributed by atoms with van der Waals surface area (Å²) in [7, 11) is 0. The SMILES string of the molecule is O=C(OCc1ccccc1)N1C2CNCC23COCC13. The Labute approximate surface area is 117 Å². The van der Waals surface area contributed by atoms with E-state index in [2.05, 4.69) is 5.32 Å². The van der Waals surface area contributed by atoms with E-state index in [1.807, 2.05) is 35.2 Å². The molecule has 3 saturated heterocycles. The average Bonchev–Trinajstić information content (AvgIpc) is 3.01. The molecule has 20 heavy (non-hydrogen) atoms. The van der Waals surface area contributed by atoms with Gasteiger partial charge < -0.3 is 14.8 Å². The van der Waals surface area contributed by atoms with E-state index in [0.29, 0.717) is 13.2 Å². The van der Waals surface area contributed by atoms with E-state index in [0.717, 1.165) is 25.3 Å². The van der Waals surface area contributed by atoms with Gasteiger partial charge in [-0.1, -0.05) is 30.3 Å². The minimum atomic E-state index is -0.214. The number of amides is 1. The van der Waals surface area contributed by atoms with Crippen molar-refractivity contribution < 1.29 is 14.3 Å². The topological polar surface area (TPSA) is 50.8 Å². The third-order valence-corrected chi connectivity index (χ3v) is 4.85. The van der Waals surface area contributed by atoms with Crippen molar-refractivity contribution in [1.29, 1.82) is 0 Å². The van der Waals surface area contributed by atoms with Gasteiger partial charge in [0.2, 0.25) is 0 Å². The Morgan fingerprint density at radius 1 is 1.40 bits per heavy atom. The second-order valence-electron chi connectivity index (χ2n) is 5.86. The van der Waals surface area contributed by atoms with Gasteiger partial charge in [-0.25, -0.2) is 4.79 Å². The van der Waals surface area contributed by atoms with Crippen LogP contribution in [0.15, 0.2) is 30.3 Å². The van der Waals surface area contributed by atoms with Crippen LogP contribution in [-0.2, 0) is 16.1 Å². The van der Waals surface area contributed by atoms with Crippen LogP contribution in [0.3, 0.4) is 0 Å². The third kappa shape index (κ3) is 1.60. The number of likely N-dealkylation sites (tertiary alicyclic amines) is 1. The maximum Gasteiger partial charge on any atom is 0.410 e. The minimum absolute atomic E-state index is 0.145. The van der Waals surface area contributed by atoms with E-state index in [9.17, 15) is 4.79 Å². The van der Waals surface area contributed by atoms with Crippen LogP contribution < -0.4 is 5.32 Å². The summed E-state index contributed by atoms with van der Waals surface area (Å²) in [6.07, 6.45) is -0.214. The normalized spacial score (nSPS) is 34.3. The molecule has 3 unspecified atom stereocenters. The molecule has 3 fully saturated rings. The van der Waals surface area contributed by atoms with Gasteiger partial charge in [-0.2, -0.15) is 0 Å². The summed E-state index contributed by atoms with van der Waals surface area (Å²) in [5, 5.41) is 3.38. The highest BCUT2D eigenvalue weighted by atomic mass is 16.6. The number of carbonyl (C=O) groups excluding carboxylic acids is 1. The molecule has 1 aromatic rings. The molecule has 1 aromatic carbocycles. The smallest absolute Gasteiger partial charge is 0.410 e. The van der Waals surface area contributed by atoms with Crippen molar-refractivity contribution in [3.05, 3.63) is 35.9 Å². The Hall–Kier alpha value is -1.59. The Balaban J connectivity index is 1.42. The maximum atomic E-state index is 12.3. The number of ether oxygens (including phenoxy) is 2. The number of nitrogens with zero attached hydrogens (tertiary/aromatic N) is 1. The minimum Gasteiger partial charge on any atom is -0.445 e. The third-order valence-electron chi connectivity index (χ3n) is 4.85. The van der Waals surface area contributed by atoms with Crippen molar-refractivity contribution in [1.82, 2.24) is 10.2 Å². The molecule has 5 heteroatoms. The summed E-state index contributed by atoms with van der Waals surface area (Å²) in [6, 6.07) is 10.2. The van der Waals surface area contributed by atoms with Crippen molar-refractivity contribution in [3.8, 4) is 0 Å². The second-order valence-corrected chi connectivity index (χ2v) is 5.86. The summed E-state index contributed by atoms with van der Waals surface area (Å²) < 4.78 is 11.0. The van der Waals surface area contributed by atoms with Crippen molar-refractivity contribution in [3.63, 3.8) is 0 Å². The largest absolute Gasteiger partial charge is 0.445 e. The Kier molecular flexibility index (Phi) is 2.72. The quantitative estimate of drug-likeness (QED) is 0.874. The lowest BCUT2D eigenvalue weighted by atomic mass is 9.69. The molecule has 5 nitrogen and oxygen atoms in total. The average molecular weight is 274 g/mol. The molecule has 0 radical (unpaired) electrons. The van der Waals surface area contributed by atoms with Gasteiger partial charge in [0, 0.05) is 13.1 Å². The summed E-state index contributed by atoms with van der Waals surface area (Å²) >= 11 is 0. The second kappa shape index (κ2) is 4.46. The van der Waals surface area contributed by atoms with Crippen LogP contribution in [-0.4, -0.2) is 49.4 Å². The lowest BCUT2D eigenvalue weighted by Gasteiger charge is -2.54. The van der Waals surface area contributed by atoms with Crippen LogP contribution >= 0.6 is 0 Å². The lowest BCUT2D eigenvalue weighted by Crippen LogP contribution is -2.72. The van der Waals surface area contributed by atoms with Gasteiger partial charge in [0.25, 0.3) is 0 Å². The summed E-state index contributed by atoms with van der Waals surface area (Å²) in [6.45, 7) is 3.53. The fourth-order valence-corrected chi connectivity index (χ4v) is 3.79. The number of rotatable bonds is 2. The van der Waals surface area contributed by atoms with Crippen LogP contribution in [0, 0.1) is 5.41 Å². The van der Waals surface area contributed by atoms with Gasteiger partial charge in [-0.3, -0.25) is 4.90 Å². The van der Waals surface area contributed by atoms with Crippen molar-refractivity contribution in [2.24, 2.45) is 5.41 Å². The number of hydrogen-bond acceptors (Lipinski definition) is 4. The molecule has 1 spiro atoms. The fraction of sp³-hybridized carbons (Fsp3) is 0.533. The molecule has 0 saturated carbocycles. The first-order valence-corrected chi connectivity index (χ1v) is 7.09. The Bertz CT molecular complexity index is 499. The first-order chi connectivity index (χ1) is 9.81. The lowest BCUT2D eigenvalue weighted by molar-refractivity contribution is -0.0645. The molecule has 1 N–H and O–H groups in total. The van der Waals surface area contributed by atoms with E-state index in [1.165, 1.54) is 0 Å². The van der Waals surface area contributed by atoms with Crippen LogP contribution in [0.5, 0.6) is 0 Å². The van der Waals surface area contributed by atoms with E-state index in [-0.39, 0.29) is 23.6 Å². The van der Waals surface area contributed by atoms with E-state index >= 15 is 0 Å². The first-order valence-electron chi connectivity index (χ1n) is 7.09. The van der Waals surface area contributed by atoms with E-state index in [1.54, 1.807) is 0 Å². The molecule has 0 bridgehead atoms. The van der Waals surface area contributed by atoms with Crippen molar-refractivity contribution in [2.75, 3.05) is 26.3 Å². The van der Waals surface area contributed by atoms with Gasteiger partial charge >= 0.3 is 6.09 Å². The highest BCUT2D eigenvalue weighted by Gasteiger charge is 2.67. The van der Waals surface area contributed by atoms with Gasteiger partial charge in [0.05, 0.1) is 30.7 Å². The van der Waals surface area contributed by atoms with E-state index < -0.39 is 0 Å². The summed E-state index contributed by atoms with van der Waals surface area (Å²) in [4.78, 5) is 14.2. The first kappa shape index (κ1) is 12.2. The van der Waals surface area contributed by atoms with Gasteiger partial charge in [-0.05, 0) is 5.56 Å². The number of carbonyl (C=O) groups is 1. The zero-order valence-electron chi connectivity index (χ0n) is 11.2. The van der Waals surface area contributed by atoms with Gasteiger partial charge in [0.15, 0.2) is 0 Å². The summed E-state index contributed by atoms with van der Waals surface area (Å²) in [5.41, 5.74) is 1.16. The zero-order valence-corrected chi connectivity index (χ0v) is 11.2. The molecule has 106 valence electrons. The van der Waals surface area contributed by atoms with Crippen molar-refractivity contribution >= 4 is 6.09 Å². The highest BCUT2D eigenvalue weighted by molar-refractivity contribution is 5.71. The number of hydrogen-bond donors (Lipinski definition) is 1. The van der Waals surface area contributed by atoms with Gasteiger partial charge in [0.1, 0.15) is 6.61 Å². The number of benzene rings is 1. The monoisotopic (exact) mass is 274 g/mol. The molecule has 0 aliphatic carbocycles. The van der Waals surface area contributed by atoms with Crippen LogP contribution in [0.2, 0.25) is 0 Å². The maximum absolute atomic E-state index is 12.3. The van der Waals surface area contributed by atoms with Crippen molar-refractivity contribution in [2.45, 2.75) is 18.7 Å².